The lowest BCUT2D eigenvalue weighted by Crippen LogP contribution is -2.74. The first-order valence-corrected chi connectivity index (χ1v) is 21.2. The summed E-state index contributed by atoms with van der Waals surface area (Å²) in [5, 5.41) is 27.5. The van der Waals surface area contributed by atoms with E-state index in [0.29, 0.717) is 35.2 Å². The zero-order chi connectivity index (χ0) is 44.3. The molecule has 16 heteroatoms. The van der Waals surface area contributed by atoms with Crippen molar-refractivity contribution in [2.45, 2.75) is 78.0 Å². The predicted molar refractivity (Wildman–Crippen MR) is 231 cm³/mol. The number of fused-ring (bicyclic) bond motifs is 1. The Kier molecular flexibility index (Phi) is 12.8. The summed E-state index contributed by atoms with van der Waals surface area (Å²) in [6.45, 7) is 12.8. The second-order valence-electron chi connectivity index (χ2n) is 17.8. The van der Waals surface area contributed by atoms with Crippen LogP contribution in [0.15, 0.2) is 60.8 Å². The van der Waals surface area contributed by atoms with E-state index in [1.807, 2.05) is 24.4 Å². The van der Waals surface area contributed by atoms with Crippen molar-refractivity contribution in [3.8, 4) is 17.6 Å². The summed E-state index contributed by atoms with van der Waals surface area (Å²) in [7, 11) is 1.52. The highest BCUT2D eigenvalue weighted by molar-refractivity contribution is 6.09. The van der Waals surface area contributed by atoms with Crippen LogP contribution in [0.5, 0.6) is 11.5 Å². The summed E-state index contributed by atoms with van der Waals surface area (Å²) in [4.78, 5) is 52.4. The molecule has 0 unspecified atom stereocenters. The topological polar surface area (TPSA) is 182 Å². The number of nitrogens with zero attached hydrogens (tertiary/aromatic N) is 6. The predicted octanol–water partition coefficient (Wildman–Crippen LogP) is 6.37. The normalized spacial score (nSPS) is 21.5. The van der Waals surface area contributed by atoms with Crippen molar-refractivity contribution in [2.75, 3.05) is 56.2 Å². The molecule has 0 radical (unpaired) electrons. The van der Waals surface area contributed by atoms with Crippen LogP contribution in [0.4, 0.5) is 20.6 Å². The number of methoxy groups -OCH3 is 1. The molecule has 3 saturated heterocycles. The SMILES string of the molecule is COc1cc(OC2C(C)(C)C(NC(=O)c3ccc(N4CCC(CN5CCC(n6ncc7c(N8CCC(=O)NC8=O)cccc76)CC5)CC4)c(F)c3)C2(C)C)ccc1C#N.O=CO. The Bertz CT molecular complexity index is 2340. The second-order valence-corrected chi connectivity index (χ2v) is 17.8. The summed E-state index contributed by atoms with van der Waals surface area (Å²) in [5.74, 6) is 0.583. The van der Waals surface area contributed by atoms with E-state index in [4.69, 9.17) is 24.5 Å². The highest BCUT2D eigenvalue weighted by Crippen LogP contribution is 2.55. The molecule has 3 aliphatic heterocycles. The lowest BCUT2D eigenvalue weighted by Gasteiger charge is -2.63. The molecule has 0 atom stereocenters. The average Bonchev–Trinajstić information content (AvgIpc) is 3.70. The van der Waals surface area contributed by atoms with Crippen LogP contribution >= 0.6 is 0 Å². The third-order valence-electron chi connectivity index (χ3n) is 13.2. The van der Waals surface area contributed by atoms with Gasteiger partial charge in [-0.3, -0.25) is 29.3 Å². The number of imide groups is 1. The highest BCUT2D eigenvalue weighted by Gasteiger charge is 2.64. The molecule has 328 valence electrons. The van der Waals surface area contributed by atoms with Crippen molar-refractivity contribution in [1.29, 1.82) is 5.26 Å². The number of amides is 4. The van der Waals surface area contributed by atoms with Gasteiger partial charge in [-0.2, -0.15) is 10.4 Å². The number of carboxylic acid groups (broad SMARTS) is 1. The van der Waals surface area contributed by atoms with E-state index in [9.17, 15) is 19.6 Å². The van der Waals surface area contributed by atoms with Gasteiger partial charge in [0.2, 0.25) is 5.91 Å². The monoisotopic (exact) mass is 850 g/mol. The molecule has 0 bridgehead atoms. The van der Waals surface area contributed by atoms with E-state index in [-0.39, 0.29) is 48.5 Å². The summed E-state index contributed by atoms with van der Waals surface area (Å²) in [5.41, 5.74) is 2.14. The second kappa shape index (κ2) is 18.0. The maximum absolute atomic E-state index is 15.7. The van der Waals surface area contributed by atoms with Crippen LogP contribution in [0.3, 0.4) is 0 Å². The Hall–Kier alpha value is -6.21. The van der Waals surface area contributed by atoms with Crippen LogP contribution in [-0.2, 0) is 9.59 Å². The number of nitrogens with one attached hydrogen (secondary N) is 2. The van der Waals surface area contributed by atoms with Crippen molar-refractivity contribution in [1.82, 2.24) is 25.3 Å². The maximum atomic E-state index is 15.7. The number of anilines is 2. The van der Waals surface area contributed by atoms with Crippen molar-refractivity contribution >= 4 is 46.6 Å². The van der Waals surface area contributed by atoms with Gasteiger partial charge in [0, 0.05) is 79.6 Å². The molecule has 4 aromatic rings. The molecule has 15 nitrogen and oxygen atoms in total. The van der Waals surface area contributed by atoms with Crippen LogP contribution in [0.2, 0.25) is 0 Å². The minimum atomic E-state index is -0.433. The molecule has 4 heterocycles. The number of ether oxygens (including phenoxy) is 2. The number of hydrogen-bond donors (Lipinski definition) is 3. The molecule has 3 N–H and O–H groups in total. The largest absolute Gasteiger partial charge is 0.495 e. The zero-order valence-corrected chi connectivity index (χ0v) is 35.9. The molecule has 4 amide bonds. The number of halogens is 1. The summed E-state index contributed by atoms with van der Waals surface area (Å²) in [6, 6.07) is 17.6. The van der Waals surface area contributed by atoms with Crippen LogP contribution in [0, 0.1) is 33.9 Å². The van der Waals surface area contributed by atoms with Crippen LogP contribution in [0.25, 0.3) is 10.9 Å². The molecule has 62 heavy (non-hydrogen) atoms. The van der Waals surface area contributed by atoms with Gasteiger partial charge in [-0.15, -0.1) is 0 Å². The van der Waals surface area contributed by atoms with Crippen molar-refractivity contribution in [2.24, 2.45) is 16.7 Å². The van der Waals surface area contributed by atoms with Crippen LogP contribution in [0.1, 0.15) is 81.8 Å². The number of likely N-dealkylation sites (tertiary alicyclic amines) is 1. The fraction of sp³-hybridized carbons (Fsp3) is 0.478. The maximum Gasteiger partial charge on any atom is 0.328 e. The number of aromatic nitrogens is 2. The number of rotatable bonds is 10. The number of urea groups is 1. The van der Waals surface area contributed by atoms with E-state index >= 15 is 4.39 Å². The Labute approximate surface area is 360 Å². The standard InChI is InChI=1S/C45H53FN8O5.CH2O2/c1-44(2)41(45(3,4)42(44)59-32-11-9-30(25-47)38(24-32)58-5)50-40(56)29-10-12-37(34(46)23-29)52-20-13-28(14-21-52)27-51-18-15-31(16-19-51)54-36-8-6-7-35(33(36)26-48-54)53-22-17-39(55)49-43(53)57;2-1-3/h6-12,23-24,26,28,31,41-42H,13-22,27H2,1-5H3,(H,50,56)(H,49,55,57);1H,(H,2,3). The number of hydrogen-bond acceptors (Lipinski definition) is 10. The molecule has 0 spiro atoms. The molecule has 1 aromatic heterocycles. The van der Waals surface area contributed by atoms with Gasteiger partial charge in [0.15, 0.2) is 0 Å². The first-order valence-electron chi connectivity index (χ1n) is 21.2. The zero-order valence-electron chi connectivity index (χ0n) is 35.9. The van der Waals surface area contributed by atoms with E-state index in [1.54, 1.807) is 35.2 Å². The van der Waals surface area contributed by atoms with Gasteiger partial charge < -0.3 is 29.7 Å². The smallest absolute Gasteiger partial charge is 0.328 e. The summed E-state index contributed by atoms with van der Waals surface area (Å²) in [6.07, 6.45) is 5.75. The fourth-order valence-corrected chi connectivity index (χ4v) is 10.3. The Morgan fingerprint density at radius 2 is 1.71 bits per heavy atom. The Morgan fingerprint density at radius 3 is 2.35 bits per heavy atom. The molecule has 1 aliphatic carbocycles. The van der Waals surface area contributed by atoms with Gasteiger partial charge in [-0.25, -0.2) is 9.18 Å². The molecule has 4 aliphatic rings. The van der Waals surface area contributed by atoms with Crippen molar-refractivity contribution in [3.05, 3.63) is 77.7 Å². The third kappa shape index (κ3) is 8.63. The molecule has 1 saturated carbocycles. The summed E-state index contributed by atoms with van der Waals surface area (Å²) >= 11 is 0. The lowest BCUT2D eigenvalue weighted by atomic mass is 9.49. The molecular weight excluding hydrogens is 796 g/mol. The molecule has 3 aromatic carbocycles. The highest BCUT2D eigenvalue weighted by atomic mass is 19.1. The third-order valence-corrected chi connectivity index (χ3v) is 13.2. The number of carbonyl (C=O) groups is 4. The Morgan fingerprint density at radius 1 is 1.00 bits per heavy atom. The molecular formula is C46H55FN8O7. The molecule has 8 rings (SSSR count). The number of piperidine rings is 2. The number of carbonyl (C=O) groups excluding carboxylic acids is 3. The van der Waals surface area contributed by atoms with Crippen LogP contribution in [-0.4, -0.2) is 103 Å². The van der Waals surface area contributed by atoms with Gasteiger partial charge in [0.05, 0.1) is 41.8 Å². The quantitative estimate of drug-likeness (QED) is 0.151. The average molecular weight is 851 g/mol. The van der Waals surface area contributed by atoms with Crippen LogP contribution < -0.4 is 29.9 Å². The van der Waals surface area contributed by atoms with E-state index < -0.39 is 22.7 Å². The van der Waals surface area contributed by atoms with Gasteiger partial charge >= 0.3 is 6.03 Å². The lowest BCUT2D eigenvalue weighted by molar-refractivity contribution is -0.164. The minimum absolute atomic E-state index is 0.232. The van der Waals surface area contributed by atoms with E-state index in [0.717, 1.165) is 75.0 Å². The fourth-order valence-electron chi connectivity index (χ4n) is 10.3. The van der Waals surface area contributed by atoms with E-state index in [2.05, 4.69) is 58.9 Å². The van der Waals surface area contributed by atoms with Gasteiger partial charge in [-0.1, -0.05) is 33.8 Å². The Balaban J connectivity index is 0.00000187. The summed E-state index contributed by atoms with van der Waals surface area (Å²) < 4.78 is 29.6. The van der Waals surface area contributed by atoms with Gasteiger partial charge in [0.1, 0.15) is 29.5 Å². The molecule has 4 fully saturated rings. The van der Waals surface area contributed by atoms with E-state index in [1.165, 1.54) is 13.2 Å². The number of benzene rings is 3. The van der Waals surface area contributed by atoms with Crippen molar-refractivity contribution in [3.63, 3.8) is 0 Å². The minimum Gasteiger partial charge on any atom is -0.495 e. The van der Waals surface area contributed by atoms with Gasteiger partial charge in [-0.05, 0) is 74.1 Å². The first-order chi connectivity index (χ1) is 29.7. The first kappa shape index (κ1) is 43.9. The number of nitriles is 1. The van der Waals surface area contributed by atoms with Gasteiger partial charge in [0.25, 0.3) is 12.4 Å². The van der Waals surface area contributed by atoms with Crippen molar-refractivity contribution < 1.29 is 38.1 Å².